The summed E-state index contributed by atoms with van der Waals surface area (Å²) in [5.41, 5.74) is -0.411. The van der Waals surface area contributed by atoms with Crippen LogP contribution in [0.1, 0.15) is 59.8 Å². The molecule has 0 spiro atoms. The Labute approximate surface area is 105 Å². The summed E-state index contributed by atoms with van der Waals surface area (Å²) in [6.45, 7) is 8.24. The predicted octanol–water partition coefficient (Wildman–Crippen LogP) is 3.31. The van der Waals surface area contributed by atoms with Crippen LogP contribution in [0.5, 0.6) is 0 Å². The van der Waals surface area contributed by atoms with Gasteiger partial charge in [0.15, 0.2) is 0 Å². The molecule has 1 fully saturated rings. The quantitative estimate of drug-likeness (QED) is 0.390. The van der Waals surface area contributed by atoms with Crippen LogP contribution in [0.3, 0.4) is 0 Å². The Morgan fingerprint density at radius 1 is 1.18 bits per heavy atom. The summed E-state index contributed by atoms with van der Waals surface area (Å²) in [5.74, 6) is -0.141. The van der Waals surface area contributed by atoms with Crippen molar-refractivity contribution in [2.45, 2.75) is 72.0 Å². The molecule has 1 aliphatic rings. The minimum absolute atomic E-state index is 0.141. The molecule has 3 nitrogen and oxygen atoms in total. The molecule has 1 rings (SSSR count). The number of carbonyl (C=O) groups is 1. The van der Waals surface area contributed by atoms with Crippen LogP contribution in [-0.2, 0) is 14.3 Å². The maximum atomic E-state index is 11.5. The van der Waals surface area contributed by atoms with Gasteiger partial charge >= 0.3 is 5.97 Å². The molecule has 1 aliphatic heterocycles. The Morgan fingerprint density at radius 2 is 1.88 bits per heavy atom. The minimum Gasteiger partial charge on any atom is -0.462 e. The zero-order valence-electron chi connectivity index (χ0n) is 11.6. The normalized spacial score (nSPS) is 23.5. The minimum atomic E-state index is -0.411. The number of epoxide rings is 1. The standard InChI is InChI=1S/C14H26O3/c1-5-6-7-8-9-11-12(17-11)10-16-13(15)14(2,3)4/h11-12H,5-10H2,1-4H3/t11-,12+/m0/s1. The molecule has 0 aromatic rings. The number of hydrogen-bond acceptors (Lipinski definition) is 3. The van der Waals surface area contributed by atoms with Crippen molar-refractivity contribution in [3.63, 3.8) is 0 Å². The number of esters is 1. The molecular formula is C14H26O3. The maximum absolute atomic E-state index is 11.5. The summed E-state index contributed by atoms with van der Waals surface area (Å²) in [4.78, 5) is 11.5. The van der Waals surface area contributed by atoms with E-state index >= 15 is 0 Å². The molecule has 0 aliphatic carbocycles. The summed E-state index contributed by atoms with van der Waals surface area (Å²) >= 11 is 0. The first-order chi connectivity index (χ1) is 7.95. The fourth-order valence-electron chi connectivity index (χ4n) is 1.73. The lowest BCUT2D eigenvalue weighted by Gasteiger charge is -2.15. The van der Waals surface area contributed by atoms with Gasteiger partial charge in [-0.15, -0.1) is 0 Å². The average molecular weight is 242 g/mol. The van der Waals surface area contributed by atoms with E-state index < -0.39 is 5.41 Å². The van der Waals surface area contributed by atoms with Crippen molar-refractivity contribution in [2.75, 3.05) is 6.61 Å². The van der Waals surface area contributed by atoms with E-state index in [0.717, 1.165) is 6.42 Å². The van der Waals surface area contributed by atoms with Crippen molar-refractivity contribution in [1.82, 2.24) is 0 Å². The van der Waals surface area contributed by atoms with Crippen LogP contribution in [0.4, 0.5) is 0 Å². The van der Waals surface area contributed by atoms with Crippen LogP contribution >= 0.6 is 0 Å². The van der Waals surface area contributed by atoms with Gasteiger partial charge in [0.25, 0.3) is 0 Å². The molecule has 1 heterocycles. The van der Waals surface area contributed by atoms with Crippen LogP contribution in [0.25, 0.3) is 0 Å². The number of hydrogen-bond donors (Lipinski definition) is 0. The lowest BCUT2D eigenvalue weighted by atomic mass is 9.97. The van der Waals surface area contributed by atoms with Crippen LogP contribution in [0.15, 0.2) is 0 Å². The van der Waals surface area contributed by atoms with Gasteiger partial charge in [-0.2, -0.15) is 0 Å². The van der Waals surface area contributed by atoms with E-state index in [0.29, 0.717) is 12.7 Å². The fourth-order valence-corrected chi connectivity index (χ4v) is 1.73. The first-order valence-electron chi connectivity index (χ1n) is 6.78. The van der Waals surface area contributed by atoms with Crippen LogP contribution in [-0.4, -0.2) is 24.8 Å². The molecule has 0 unspecified atom stereocenters. The highest BCUT2D eigenvalue weighted by Crippen LogP contribution is 2.28. The lowest BCUT2D eigenvalue weighted by molar-refractivity contribution is -0.153. The molecule has 0 N–H and O–H groups in total. The van der Waals surface area contributed by atoms with Crippen molar-refractivity contribution >= 4 is 5.97 Å². The van der Waals surface area contributed by atoms with Gasteiger partial charge in [-0.1, -0.05) is 32.6 Å². The van der Waals surface area contributed by atoms with Gasteiger partial charge in [0.2, 0.25) is 0 Å². The van der Waals surface area contributed by atoms with Crippen molar-refractivity contribution in [3.8, 4) is 0 Å². The van der Waals surface area contributed by atoms with Crippen LogP contribution in [0, 0.1) is 5.41 Å². The van der Waals surface area contributed by atoms with Crippen LogP contribution < -0.4 is 0 Å². The van der Waals surface area contributed by atoms with Gasteiger partial charge in [-0.3, -0.25) is 4.79 Å². The second-order valence-corrected chi connectivity index (χ2v) is 5.91. The van der Waals surface area contributed by atoms with Gasteiger partial charge in [-0.05, 0) is 27.2 Å². The second-order valence-electron chi connectivity index (χ2n) is 5.91. The highest BCUT2D eigenvalue weighted by atomic mass is 16.6. The van der Waals surface area contributed by atoms with Crippen molar-refractivity contribution < 1.29 is 14.3 Å². The molecule has 3 heteroatoms. The predicted molar refractivity (Wildman–Crippen MR) is 67.8 cm³/mol. The molecule has 0 saturated carbocycles. The summed E-state index contributed by atoms with van der Waals surface area (Å²) in [6.07, 6.45) is 6.67. The number of carbonyl (C=O) groups excluding carboxylic acids is 1. The Morgan fingerprint density at radius 3 is 2.47 bits per heavy atom. The fraction of sp³-hybridized carbons (Fsp3) is 0.929. The molecule has 0 aromatic heterocycles. The first kappa shape index (κ1) is 14.5. The molecule has 0 amide bonds. The summed E-state index contributed by atoms with van der Waals surface area (Å²) < 4.78 is 10.7. The highest BCUT2D eigenvalue weighted by Gasteiger charge is 2.39. The molecule has 2 atom stereocenters. The first-order valence-corrected chi connectivity index (χ1v) is 6.78. The third-order valence-electron chi connectivity index (χ3n) is 3.02. The second kappa shape index (κ2) is 6.39. The Kier molecular flexibility index (Phi) is 5.44. The zero-order chi connectivity index (χ0) is 12.9. The molecule has 0 radical (unpaired) electrons. The van der Waals surface area contributed by atoms with E-state index in [2.05, 4.69) is 6.92 Å². The van der Waals surface area contributed by atoms with E-state index in [-0.39, 0.29) is 12.1 Å². The molecule has 0 aromatic carbocycles. The van der Waals surface area contributed by atoms with Gasteiger partial charge in [0.05, 0.1) is 11.5 Å². The van der Waals surface area contributed by atoms with E-state index in [9.17, 15) is 4.79 Å². The Hall–Kier alpha value is -0.570. The molecule has 100 valence electrons. The Bertz CT molecular complexity index is 242. The van der Waals surface area contributed by atoms with Gasteiger partial charge in [0.1, 0.15) is 12.7 Å². The largest absolute Gasteiger partial charge is 0.462 e. The van der Waals surface area contributed by atoms with E-state index in [4.69, 9.17) is 9.47 Å². The summed E-state index contributed by atoms with van der Waals surface area (Å²) in [6, 6.07) is 0. The summed E-state index contributed by atoms with van der Waals surface area (Å²) in [7, 11) is 0. The topological polar surface area (TPSA) is 38.8 Å². The van der Waals surface area contributed by atoms with Gasteiger partial charge in [-0.25, -0.2) is 0 Å². The van der Waals surface area contributed by atoms with E-state index in [1.807, 2.05) is 20.8 Å². The van der Waals surface area contributed by atoms with Crippen LogP contribution in [0.2, 0.25) is 0 Å². The lowest BCUT2D eigenvalue weighted by Crippen LogP contribution is -2.24. The number of rotatable bonds is 7. The SMILES string of the molecule is CCCCCC[C@@H]1O[C@@H]1COC(=O)C(C)(C)C. The Balaban J connectivity index is 2.03. The highest BCUT2D eigenvalue weighted by molar-refractivity contribution is 5.75. The van der Waals surface area contributed by atoms with Gasteiger partial charge < -0.3 is 9.47 Å². The van der Waals surface area contributed by atoms with Gasteiger partial charge in [0, 0.05) is 0 Å². The molecule has 0 bridgehead atoms. The summed E-state index contributed by atoms with van der Waals surface area (Å²) in [5, 5.41) is 0. The molecule has 1 saturated heterocycles. The van der Waals surface area contributed by atoms with Crippen molar-refractivity contribution in [2.24, 2.45) is 5.41 Å². The monoisotopic (exact) mass is 242 g/mol. The third kappa shape index (κ3) is 5.53. The third-order valence-corrected chi connectivity index (χ3v) is 3.02. The van der Waals surface area contributed by atoms with E-state index in [1.165, 1.54) is 25.7 Å². The van der Waals surface area contributed by atoms with Crippen molar-refractivity contribution in [1.29, 1.82) is 0 Å². The van der Waals surface area contributed by atoms with Crippen molar-refractivity contribution in [3.05, 3.63) is 0 Å². The molecule has 17 heavy (non-hydrogen) atoms. The molecular weight excluding hydrogens is 216 g/mol. The average Bonchev–Trinajstić information content (AvgIpc) is 2.98. The van der Waals surface area contributed by atoms with E-state index in [1.54, 1.807) is 0 Å². The smallest absolute Gasteiger partial charge is 0.311 e. The zero-order valence-corrected chi connectivity index (χ0v) is 11.6. The number of unbranched alkanes of at least 4 members (excludes halogenated alkanes) is 3. The maximum Gasteiger partial charge on any atom is 0.311 e. The number of ether oxygens (including phenoxy) is 2.